The Kier molecular flexibility index (Phi) is 4.80. The van der Waals surface area contributed by atoms with Crippen LogP contribution in [0, 0.1) is 19.8 Å². The monoisotopic (exact) mass is 353 g/mol. The van der Waals surface area contributed by atoms with Gasteiger partial charge in [-0.25, -0.2) is 18.1 Å². The second-order valence-electron chi connectivity index (χ2n) is 6.04. The van der Waals surface area contributed by atoms with Crippen LogP contribution in [0.1, 0.15) is 36.8 Å². The molecule has 1 fully saturated rings. The van der Waals surface area contributed by atoms with Gasteiger partial charge in [-0.3, -0.25) is 0 Å². The SMILES string of the molecule is CCn1ccnc1[C@@H]1OCC[C@H]1CNS(=O)(=O)c1cc(C)oc1C. The first-order valence-corrected chi connectivity index (χ1v) is 9.60. The molecule has 1 saturated heterocycles. The molecule has 0 amide bonds. The topological polar surface area (TPSA) is 86.4 Å². The van der Waals surface area contributed by atoms with Crippen molar-refractivity contribution in [3.05, 3.63) is 35.8 Å². The smallest absolute Gasteiger partial charge is 0.244 e. The molecule has 0 unspecified atom stereocenters. The number of furan rings is 1. The van der Waals surface area contributed by atoms with Crippen LogP contribution in [-0.2, 0) is 21.3 Å². The van der Waals surface area contributed by atoms with Gasteiger partial charge >= 0.3 is 0 Å². The van der Waals surface area contributed by atoms with Crippen LogP contribution < -0.4 is 4.72 Å². The van der Waals surface area contributed by atoms with Crippen LogP contribution in [0.5, 0.6) is 0 Å². The number of rotatable bonds is 6. The van der Waals surface area contributed by atoms with Crippen molar-refractivity contribution >= 4 is 10.0 Å². The van der Waals surface area contributed by atoms with E-state index in [1.54, 1.807) is 26.1 Å². The number of hydrogen-bond acceptors (Lipinski definition) is 5. The van der Waals surface area contributed by atoms with Gasteiger partial charge in [-0.1, -0.05) is 0 Å². The van der Waals surface area contributed by atoms with E-state index in [2.05, 4.69) is 9.71 Å². The maximum absolute atomic E-state index is 12.5. The van der Waals surface area contributed by atoms with Gasteiger partial charge < -0.3 is 13.7 Å². The summed E-state index contributed by atoms with van der Waals surface area (Å²) in [4.78, 5) is 4.58. The quantitative estimate of drug-likeness (QED) is 0.860. The van der Waals surface area contributed by atoms with E-state index in [0.717, 1.165) is 18.8 Å². The summed E-state index contributed by atoms with van der Waals surface area (Å²) in [7, 11) is -3.59. The standard InChI is InChI=1S/C16H23N3O4S/c1-4-19-7-6-17-16(19)15-13(5-8-22-15)10-18-24(20,21)14-9-11(2)23-12(14)3/h6-7,9,13,15,18H,4-5,8,10H2,1-3H3/t13-,15+/m0/s1. The largest absolute Gasteiger partial charge is 0.465 e. The van der Waals surface area contributed by atoms with E-state index < -0.39 is 10.0 Å². The fourth-order valence-electron chi connectivity index (χ4n) is 3.14. The second-order valence-corrected chi connectivity index (χ2v) is 7.78. The van der Waals surface area contributed by atoms with Gasteiger partial charge in [-0.05, 0) is 33.3 Å². The number of ether oxygens (including phenoxy) is 1. The van der Waals surface area contributed by atoms with Gasteiger partial charge in [0.2, 0.25) is 10.0 Å². The number of aromatic nitrogens is 2. The van der Waals surface area contributed by atoms with Crippen LogP contribution in [0.2, 0.25) is 0 Å². The Labute approximate surface area is 142 Å². The van der Waals surface area contributed by atoms with Crippen molar-refractivity contribution < 1.29 is 17.6 Å². The molecule has 24 heavy (non-hydrogen) atoms. The normalized spacial score (nSPS) is 21.5. The van der Waals surface area contributed by atoms with E-state index in [1.165, 1.54) is 0 Å². The van der Waals surface area contributed by atoms with Crippen molar-refractivity contribution in [3.63, 3.8) is 0 Å². The molecule has 3 heterocycles. The molecule has 7 nitrogen and oxygen atoms in total. The molecule has 0 radical (unpaired) electrons. The first-order chi connectivity index (χ1) is 11.4. The van der Waals surface area contributed by atoms with E-state index in [-0.39, 0.29) is 16.9 Å². The maximum Gasteiger partial charge on any atom is 0.244 e. The lowest BCUT2D eigenvalue weighted by atomic mass is 10.0. The highest BCUT2D eigenvalue weighted by Crippen LogP contribution is 2.33. The van der Waals surface area contributed by atoms with Crippen LogP contribution in [0.4, 0.5) is 0 Å². The van der Waals surface area contributed by atoms with E-state index in [1.807, 2.05) is 17.7 Å². The molecule has 0 saturated carbocycles. The van der Waals surface area contributed by atoms with Crippen LogP contribution >= 0.6 is 0 Å². The molecule has 0 spiro atoms. The Morgan fingerprint density at radius 1 is 1.42 bits per heavy atom. The maximum atomic E-state index is 12.5. The van der Waals surface area contributed by atoms with Gasteiger partial charge in [0.1, 0.15) is 28.3 Å². The Hall–Kier alpha value is -1.64. The molecule has 1 aliphatic rings. The Morgan fingerprint density at radius 2 is 2.21 bits per heavy atom. The van der Waals surface area contributed by atoms with Crippen molar-refractivity contribution in [1.82, 2.24) is 14.3 Å². The number of nitrogens with zero attached hydrogens (tertiary/aromatic N) is 2. The molecular formula is C16H23N3O4S. The number of sulfonamides is 1. The fourth-order valence-corrected chi connectivity index (χ4v) is 4.47. The average molecular weight is 353 g/mol. The summed E-state index contributed by atoms with van der Waals surface area (Å²) < 4.78 is 40.9. The highest BCUT2D eigenvalue weighted by molar-refractivity contribution is 7.89. The van der Waals surface area contributed by atoms with Gasteiger partial charge in [0, 0.05) is 38.0 Å². The van der Waals surface area contributed by atoms with Gasteiger partial charge in [0.15, 0.2) is 0 Å². The number of hydrogen-bond donors (Lipinski definition) is 1. The van der Waals surface area contributed by atoms with E-state index in [0.29, 0.717) is 24.7 Å². The number of nitrogens with one attached hydrogen (secondary N) is 1. The van der Waals surface area contributed by atoms with Crippen molar-refractivity contribution in [3.8, 4) is 0 Å². The number of aryl methyl sites for hydroxylation is 3. The molecule has 0 bridgehead atoms. The van der Waals surface area contributed by atoms with Crippen molar-refractivity contribution in [2.75, 3.05) is 13.2 Å². The highest BCUT2D eigenvalue weighted by Gasteiger charge is 2.34. The first kappa shape index (κ1) is 17.2. The lowest BCUT2D eigenvalue weighted by Crippen LogP contribution is -2.31. The zero-order chi connectivity index (χ0) is 17.3. The summed E-state index contributed by atoms with van der Waals surface area (Å²) in [6, 6.07) is 1.55. The molecule has 0 aliphatic carbocycles. The minimum absolute atomic E-state index is 0.0563. The minimum atomic E-state index is -3.59. The second kappa shape index (κ2) is 6.70. The third-order valence-electron chi connectivity index (χ3n) is 4.38. The summed E-state index contributed by atoms with van der Waals surface area (Å²) in [5, 5.41) is 0. The molecule has 1 aliphatic heterocycles. The molecule has 132 valence electrons. The molecule has 0 aromatic carbocycles. The average Bonchev–Trinajstić information content (AvgIpc) is 3.23. The van der Waals surface area contributed by atoms with Crippen LogP contribution in [0.15, 0.2) is 27.8 Å². The van der Waals surface area contributed by atoms with Crippen molar-refractivity contribution in [2.24, 2.45) is 5.92 Å². The summed E-state index contributed by atoms with van der Waals surface area (Å²) >= 11 is 0. The molecule has 3 rings (SSSR count). The van der Waals surface area contributed by atoms with Crippen molar-refractivity contribution in [2.45, 2.75) is 44.7 Å². The molecule has 2 aromatic heterocycles. The summed E-state index contributed by atoms with van der Waals surface area (Å²) in [5.41, 5.74) is 0. The lowest BCUT2D eigenvalue weighted by molar-refractivity contribution is 0.0816. The lowest BCUT2D eigenvalue weighted by Gasteiger charge is -2.19. The van der Waals surface area contributed by atoms with E-state index in [9.17, 15) is 8.42 Å². The summed E-state index contributed by atoms with van der Waals surface area (Å²) in [6.07, 6.45) is 4.28. The van der Waals surface area contributed by atoms with Crippen LogP contribution in [0.25, 0.3) is 0 Å². The zero-order valence-electron chi connectivity index (χ0n) is 14.2. The predicted molar refractivity (Wildman–Crippen MR) is 88.1 cm³/mol. The van der Waals surface area contributed by atoms with Crippen LogP contribution in [-0.4, -0.2) is 31.1 Å². The predicted octanol–water partition coefficient (Wildman–Crippen LogP) is 2.17. The number of imidazole rings is 1. The summed E-state index contributed by atoms with van der Waals surface area (Å²) in [6.45, 7) is 7.16. The van der Waals surface area contributed by atoms with Gasteiger partial charge in [0.05, 0.1) is 0 Å². The molecular weight excluding hydrogens is 330 g/mol. The van der Waals surface area contributed by atoms with Crippen molar-refractivity contribution in [1.29, 1.82) is 0 Å². The third kappa shape index (κ3) is 3.26. The minimum Gasteiger partial charge on any atom is -0.465 e. The molecule has 8 heteroatoms. The molecule has 2 aromatic rings. The van der Waals surface area contributed by atoms with Gasteiger partial charge in [0.25, 0.3) is 0 Å². The highest BCUT2D eigenvalue weighted by atomic mass is 32.2. The first-order valence-electron chi connectivity index (χ1n) is 8.11. The third-order valence-corrected chi connectivity index (χ3v) is 5.91. The Balaban J connectivity index is 1.73. The molecule has 1 N–H and O–H groups in total. The van der Waals surface area contributed by atoms with Gasteiger partial charge in [-0.15, -0.1) is 0 Å². The summed E-state index contributed by atoms with van der Waals surface area (Å²) in [5.74, 6) is 1.90. The van der Waals surface area contributed by atoms with Crippen LogP contribution in [0.3, 0.4) is 0 Å². The zero-order valence-corrected chi connectivity index (χ0v) is 15.0. The molecule has 2 atom stereocenters. The van der Waals surface area contributed by atoms with E-state index in [4.69, 9.17) is 9.15 Å². The van der Waals surface area contributed by atoms with Gasteiger partial charge in [-0.2, -0.15) is 0 Å². The Bertz CT molecular complexity index is 809. The fraction of sp³-hybridized carbons (Fsp3) is 0.562. The Morgan fingerprint density at radius 3 is 2.88 bits per heavy atom. The van der Waals surface area contributed by atoms with E-state index >= 15 is 0 Å².